The summed E-state index contributed by atoms with van der Waals surface area (Å²) in [5.74, 6) is -1.16. The third-order valence-electron chi connectivity index (χ3n) is 3.84. The second kappa shape index (κ2) is 8.66. The summed E-state index contributed by atoms with van der Waals surface area (Å²) < 4.78 is 1.87. The van der Waals surface area contributed by atoms with Crippen LogP contribution in [0.4, 0.5) is 0 Å². The Morgan fingerprint density at radius 3 is 2.56 bits per heavy atom. The average molecular weight is 362 g/mol. The van der Waals surface area contributed by atoms with E-state index in [1.807, 2.05) is 48.7 Å². The predicted octanol–water partition coefficient (Wildman–Crippen LogP) is 2.11. The highest BCUT2D eigenvalue weighted by Gasteiger charge is 2.27. The summed E-state index contributed by atoms with van der Waals surface area (Å²) in [6, 6.07) is 8.57. The van der Waals surface area contributed by atoms with Gasteiger partial charge in [0.1, 0.15) is 12.4 Å². The first-order valence-corrected chi connectivity index (χ1v) is 8.93. The molecule has 1 atom stereocenters. The van der Waals surface area contributed by atoms with Gasteiger partial charge in [-0.25, -0.2) is 4.79 Å². The van der Waals surface area contributed by atoms with Crippen molar-refractivity contribution in [2.75, 3.05) is 12.8 Å². The molecule has 2 rings (SSSR count). The number of hydrogen-bond donors (Lipinski definition) is 1. The van der Waals surface area contributed by atoms with Gasteiger partial charge in [0.2, 0.25) is 5.91 Å². The summed E-state index contributed by atoms with van der Waals surface area (Å²) in [5, 5.41) is 18.0. The van der Waals surface area contributed by atoms with E-state index in [2.05, 4.69) is 10.2 Å². The van der Waals surface area contributed by atoms with E-state index in [0.29, 0.717) is 5.16 Å². The zero-order valence-corrected chi connectivity index (χ0v) is 15.3. The molecule has 134 valence electrons. The molecule has 1 heterocycles. The Bertz CT molecular complexity index is 718. The molecule has 2 aromatic rings. The normalized spacial score (nSPS) is 12.2. The smallest absolute Gasteiger partial charge is 0.326 e. The van der Waals surface area contributed by atoms with Crippen LogP contribution < -0.4 is 0 Å². The molecule has 1 amide bonds. The Labute approximate surface area is 151 Å². The van der Waals surface area contributed by atoms with E-state index in [9.17, 15) is 14.7 Å². The number of thioether (sulfide) groups is 1. The lowest BCUT2D eigenvalue weighted by molar-refractivity contribution is -0.148. The molecule has 0 fully saturated rings. The molecular formula is C17H22N4O3S. The van der Waals surface area contributed by atoms with Gasteiger partial charge in [0, 0.05) is 19.5 Å². The maximum atomic E-state index is 12.4. The van der Waals surface area contributed by atoms with Gasteiger partial charge in [0.15, 0.2) is 5.16 Å². The molecule has 0 aliphatic heterocycles. The summed E-state index contributed by atoms with van der Waals surface area (Å²) in [5.41, 5.74) is 0.877. The van der Waals surface area contributed by atoms with Crippen LogP contribution >= 0.6 is 11.8 Å². The SMILES string of the molecule is CC(C)n1cnnc1SCC(=O)N(C)C(Cc1ccccc1)C(=O)O. The van der Waals surface area contributed by atoms with E-state index in [1.165, 1.54) is 23.7 Å². The number of aromatic nitrogens is 3. The number of rotatable bonds is 8. The first kappa shape index (κ1) is 19.0. The minimum absolute atomic E-state index is 0.112. The first-order chi connectivity index (χ1) is 11.9. The van der Waals surface area contributed by atoms with E-state index in [0.717, 1.165) is 5.56 Å². The van der Waals surface area contributed by atoms with Gasteiger partial charge in [-0.1, -0.05) is 42.1 Å². The Kier molecular flexibility index (Phi) is 6.58. The molecule has 0 bridgehead atoms. The van der Waals surface area contributed by atoms with Crippen molar-refractivity contribution >= 4 is 23.6 Å². The maximum Gasteiger partial charge on any atom is 0.326 e. The topological polar surface area (TPSA) is 88.3 Å². The quantitative estimate of drug-likeness (QED) is 0.724. The second-order valence-electron chi connectivity index (χ2n) is 5.95. The maximum absolute atomic E-state index is 12.4. The summed E-state index contributed by atoms with van der Waals surface area (Å²) in [7, 11) is 1.53. The van der Waals surface area contributed by atoms with Crippen LogP contribution in [0.25, 0.3) is 0 Å². The van der Waals surface area contributed by atoms with Crippen molar-refractivity contribution in [2.45, 2.75) is 37.5 Å². The highest BCUT2D eigenvalue weighted by atomic mass is 32.2. The highest BCUT2D eigenvalue weighted by molar-refractivity contribution is 7.99. The van der Waals surface area contributed by atoms with E-state index in [4.69, 9.17) is 0 Å². The van der Waals surface area contributed by atoms with Gasteiger partial charge in [0.05, 0.1) is 5.75 Å². The molecule has 0 saturated heterocycles. The highest BCUT2D eigenvalue weighted by Crippen LogP contribution is 2.19. The van der Waals surface area contributed by atoms with Crippen molar-refractivity contribution in [3.8, 4) is 0 Å². The largest absolute Gasteiger partial charge is 0.480 e. The monoisotopic (exact) mass is 362 g/mol. The van der Waals surface area contributed by atoms with Crippen LogP contribution in [0.3, 0.4) is 0 Å². The average Bonchev–Trinajstić information content (AvgIpc) is 3.06. The minimum Gasteiger partial charge on any atom is -0.480 e. The summed E-state index contributed by atoms with van der Waals surface area (Å²) in [4.78, 5) is 25.3. The van der Waals surface area contributed by atoms with E-state index in [-0.39, 0.29) is 24.1 Å². The zero-order chi connectivity index (χ0) is 18.4. The molecular weight excluding hydrogens is 340 g/mol. The van der Waals surface area contributed by atoms with Gasteiger partial charge in [0.25, 0.3) is 0 Å². The number of nitrogens with zero attached hydrogens (tertiary/aromatic N) is 4. The fraction of sp³-hybridized carbons (Fsp3) is 0.412. The van der Waals surface area contributed by atoms with Crippen LogP contribution in [-0.2, 0) is 16.0 Å². The summed E-state index contributed by atoms with van der Waals surface area (Å²) in [6.07, 6.45) is 1.89. The molecule has 25 heavy (non-hydrogen) atoms. The third-order valence-corrected chi connectivity index (χ3v) is 4.78. The Balaban J connectivity index is 2.00. The molecule has 0 aliphatic carbocycles. The second-order valence-corrected chi connectivity index (χ2v) is 6.89. The van der Waals surface area contributed by atoms with Crippen LogP contribution in [0.5, 0.6) is 0 Å². The predicted molar refractivity (Wildman–Crippen MR) is 95.5 cm³/mol. The fourth-order valence-electron chi connectivity index (χ4n) is 2.32. The third kappa shape index (κ3) is 5.06. The van der Waals surface area contributed by atoms with Gasteiger partial charge in [-0.2, -0.15) is 0 Å². The Morgan fingerprint density at radius 2 is 1.96 bits per heavy atom. The molecule has 0 aliphatic rings. The Morgan fingerprint density at radius 1 is 1.28 bits per heavy atom. The number of hydrogen-bond acceptors (Lipinski definition) is 5. The molecule has 1 unspecified atom stereocenters. The molecule has 1 aromatic heterocycles. The lowest BCUT2D eigenvalue weighted by atomic mass is 10.1. The first-order valence-electron chi connectivity index (χ1n) is 7.94. The van der Waals surface area contributed by atoms with Crippen molar-refractivity contribution in [1.82, 2.24) is 19.7 Å². The van der Waals surface area contributed by atoms with Gasteiger partial charge >= 0.3 is 5.97 Å². The van der Waals surface area contributed by atoms with E-state index >= 15 is 0 Å². The molecule has 8 heteroatoms. The van der Waals surface area contributed by atoms with Crippen LogP contribution in [-0.4, -0.2) is 55.5 Å². The number of carbonyl (C=O) groups excluding carboxylic acids is 1. The van der Waals surface area contributed by atoms with Crippen molar-refractivity contribution in [3.63, 3.8) is 0 Å². The van der Waals surface area contributed by atoms with Crippen molar-refractivity contribution in [2.24, 2.45) is 0 Å². The molecule has 1 N–H and O–H groups in total. The van der Waals surface area contributed by atoms with Crippen molar-refractivity contribution in [1.29, 1.82) is 0 Å². The molecule has 0 radical (unpaired) electrons. The lowest BCUT2D eigenvalue weighted by Crippen LogP contribution is -2.44. The van der Waals surface area contributed by atoms with Gasteiger partial charge in [-0.05, 0) is 19.4 Å². The number of carboxylic acids is 1. The van der Waals surface area contributed by atoms with E-state index < -0.39 is 12.0 Å². The zero-order valence-electron chi connectivity index (χ0n) is 14.5. The fourth-order valence-corrected chi connectivity index (χ4v) is 3.29. The van der Waals surface area contributed by atoms with Gasteiger partial charge in [-0.15, -0.1) is 10.2 Å². The lowest BCUT2D eigenvalue weighted by Gasteiger charge is -2.25. The summed E-state index contributed by atoms with van der Waals surface area (Å²) in [6.45, 7) is 4.00. The van der Waals surface area contributed by atoms with Crippen molar-refractivity contribution in [3.05, 3.63) is 42.2 Å². The van der Waals surface area contributed by atoms with Gasteiger partial charge in [-0.3, -0.25) is 4.79 Å². The number of likely N-dealkylation sites (N-methyl/N-ethyl adjacent to an activating group) is 1. The Hall–Kier alpha value is -2.35. The van der Waals surface area contributed by atoms with Gasteiger partial charge < -0.3 is 14.6 Å². The van der Waals surface area contributed by atoms with Crippen molar-refractivity contribution < 1.29 is 14.7 Å². The summed E-state index contributed by atoms with van der Waals surface area (Å²) >= 11 is 1.26. The number of carboxylic acid groups (broad SMARTS) is 1. The van der Waals surface area contributed by atoms with Crippen LogP contribution in [0.1, 0.15) is 25.5 Å². The standard InChI is InChI=1S/C17H22N4O3S/c1-12(2)21-11-18-19-17(21)25-10-15(22)20(3)14(16(23)24)9-13-7-5-4-6-8-13/h4-8,11-12,14H,9-10H2,1-3H3,(H,23,24). The molecule has 1 aromatic carbocycles. The van der Waals surface area contributed by atoms with E-state index in [1.54, 1.807) is 6.33 Å². The van der Waals surface area contributed by atoms with Crippen LogP contribution in [0, 0.1) is 0 Å². The molecule has 0 spiro atoms. The van der Waals surface area contributed by atoms with Crippen LogP contribution in [0.2, 0.25) is 0 Å². The molecule has 7 nitrogen and oxygen atoms in total. The number of aliphatic carboxylic acids is 1. The van der Waals surface area contributed by atoms with Crippen LogP contribution in [0.15, 0.2) is 41.8 Å². The number of amides is 1. The molecule has 0 saturated carbocycles. The number of benzene rings is 1. The number of carbonyl (C=O) groups is 2. The minimum atomic E-state index is -1.02.